The van der Waals surface area contributed by atoms with Crippen molar-refractivity contribution in [2.45, 2.75) is 156 Å². The minimum Gasteiger partial charge on any atom is -0.387 e. The van der Waals surface area contributed by atoms with Crippen molar-refractivity contribution >= 4 is 11.6 Å². The molecule has 2 saturated heterocycles. The molecule has 2 heterocycles. The van der Waals surface area contributed by atoms with Crippen LogP contribution in [-0.4, -0.2) is 126 Å². The maximum Gasteiger partial charge on any atom is 0.190 e. The summed E-state index contributed by atoms with van der Waals surface area (Å²) in [7, 11) is 0. The van der Waals surface area contributed by atoms with Gasteiger partial charge >= 0.3 is 0 Å². The van der Waals surface area contributed by atoms with Crippen LogP contribution in [0, 0.1) is 10.8 Å². The SMILES string of the molecule is CC1=C(/C=C/C(C)=C/C=C/C(C)=C/C=C/C=C(C)/C=C/C=C(C)/C=C/C2=C(C)C(=O)[C@@H](O[C@H]3O[C@H](O)[C@@H](O)[C@H](O)[C@@H]3O)CC2(C)C)C(C)(C)C[C@H](O[C@H]2O[C@H](O)[C@@H](O)[C@H](O)[C@@H]2O)C1=O. The van der Waals surface area contributed by atoms with Gasteiger partial charge in [0, 0.05) is 0 Å². The highest BCUT2D eigenvalue weighted by molar-refractivity contribution is 6.01. The second kappa shape index (κ2) is 22.5. The quantitative estimate of drug-likeness (QED) is 0.113. The van der Waals surface area contributed by atoms with Crippen molar-refractivity contribution < 1.29 is 69.4 Å². The second-order valence-electron chi connectivity index (χ2n) is 18.4. The molecule has 352 valence electrons. The summed E-state index contributed by atoms with van der Waals surface area (Å²) >= 11 is 0. The van der Waals surface area contributed by atoms with Crippen LogP contribution in [0.25, 0.3) is 0 Å². The van der Waals surface area contributed by atoms with E-state index >= 15 is 0 Å². The van der Waals surface area contributed by atoms with Crippen molar-refractivity contribution in [3.05, 3.63) is 130 Å². The molecule has 0 unspecified atom stereocenters. The minimum atomic E-state index is -1.77. The van der Waals surface area contributed by atoms with E-state index in [1.54, 1.807) is 13.8 Å². The summed E-state index contributed by atoms with van der Waals surface area (Å²) in [4.78, 5) is 26.6. The van der Waals surface area contributed by atoms with Gasteiger partial charge in [0.05, 0.1) is 0 Å². The smallest absolute Gasteiger partial charge is 0.190 e. The van der Waals surface area contributed by atoms with Gasteiger partial charge in [0.15, 0.2) is 36.7 Å². The van der Waals surface area contributed by atoms with Crippen molar-refractivity contribution in [3.63, 3.8) is 0 Å². The summed E-state index contributed by atoms with van der Waals surface area (Å²) in [6, 6.07) is 0. The molecule has 64 heavy (non-hydrogen) atoms. The van der Waals surface area contributed by atoms with E-state index in [1.165, 1.54) is 0 Å². The number of Topliss-reactive ketones (excluding diaryl/α,β-unsaturated/α-hetero) is 2. The summed E-state index contributed by atoms with van der Waals surface area (Å²) < 4.78 is 21.8. The van der Waals surface area contributed by atoms with Gasteiger partial charge in [0.2, 0.25) is 0 Å². The van der Waals surface area contributed by atoms with Gasteiger partial charge in [0.25, 0.3) is 0 Å². The Morgan fingerprint density at radius 3 is 1.16 bits per heavy atom. The highest BCUT2D eigenvalue weighted by Gasteiger charge is 2.49. The van der Waals surface area contributed by atoms with E-state index < -0.39 is 84.8 Å². The molecule has 4 rings (SSSR count). The lowest BCUT2D eigenvalue weighted by Gasteiger charge is -2.42. The first-order valence-electron chi connectivity index (χ1n) is 21.5. The molecule has 0 radical (unpaired) electrons. The van der Waals surface area contributed by atoms with Crippen LogP contribution >= 0.6 is 0 Å². The number of aliphatic hydroxyl groups excluding tert-OH is 8. The zero-order valence-corrected chi connectivity index (χ0v) is 38.5. The first kappa shape index (κ1) is 52.6. The largest absolute Gasteiger partial charge is 0.387 e. The third-order valence-corrected chi connectivity index (χ3v) is 12.0. The van der Waals surface area contributed by atoms with Crippen molar-refractivity contribution in [1.29, 1.82) is 0 Å². The number of ketones is 2. The molecule has 0 aromatic carbocycles. The number of rotatable bonds is 14. The number of aliphatic hydroxyl groups is 8. The van der Waals surface area contributed by atoms with Crippen molar-refractivity contribution in [1.82, 2.24) is 0 Å². The van der Waals surface area contributed by atoms with Crippen LogP contribution in [0.15, 0.2) is 130 Å². The molecule has 14 nitrogen and oxygen atoms in total. The molecule has 12 atom stereocenters. The Hall–Kier alpha value is -4.00. The van der Waals surface area contributed by atoms with E-state index in [0.29, 0.717) is 11.1 Å². The molecule has 0 amide bonds. The number of carbonyl (C=O) groups excluding carboxylic acids is 2. The maximum atomic E-state index is 13.3. The normalized spacial score (nSPS) is 35.2. The standard InChI is InChI=1S/C50H68O14/c1-27(17-13-19-29(3)21-23-33-31(5)37(51)35(25-49(33,7)8)61-47-43(57)39(53)41(55)45(59)63-47)15-11-12-16-28(2)18-14-20-30(4)22-24-34-32(6)38(52)36(26-50(34,9)10)62-48-44(58)40(54)42(56)46(60)64-48/h11-24,35-36,39-48,53-60H,25-26H2,1-10H3/b12-11+,17-13+,18-14+,23-21+,24-22+,27-15+,28-16+,29-19+,30-20+/t35-,36-,39-,40-,41-,42-,43-,44-,45-,46-,47-,48-/m0/s1. The fourth-order valence-corrected chi connectivity index (χ4v) is 8.00. The molecule has 0 saturated carbocycles. The van der Waals surface area contributed by atoms with Gasteiger partial charge < -0.3 is 59.8 Å². The minimum absolute atomic E-state index is 0.273. The number of hydrogen-bond donors (Lipinski definition) is 8. The lowest BCUT2D eigenvalue weighted by atomic mass is 9.71. The van der Waals surface area contributed by atoms with Crippen LogP contribution in [0.4, 0.5) is 0 Å². The third kappa shape index (κ3) is 13.3. The van der Waals surface area contributed by atoms with Crippen LogP contribution in [0.2, 0.25) is 0 Å². The zero-order valence-electron chi connectivity index (χ0n) is 38.5. The molecule has 0 aromatic heterocycles. The molecule has 2 fully saturated rings. The Labute approximate surface area is 376 Å². The van der Waals surface area contributed by atoms with Crippen LogP contribution in [0.3, 0.4) is 0 Å². The van der Waals surface area contributed by atoms with Gasteiger partial charge in [-0.1, -0.05) is 135 Å². The van der Waals surface area contributed by atoms with Crippen LogP contribution in [0.1, 0.15) is 82.1 Å². The summed E-state index contributed by atoms with van der Waals surface area (Å²) in [6.07, 6.45) is 9.49. The Kier molecular flexibility index (Phi) is 18.5. The van der Waals surface area contributed by atoms with E-state index in [4.69, 9.17) is 18.9 Å². The van der Waals surface area contributed by atoms with Crippen molar-refractivity contribution in [2.24, 2.45) is 10.8 Å². The molecule has 8 N–H and O–H groups in total. The number of carbonyl (C=O) groups is 2. The van der Waals surface area contributed by atoms with Gasteiger partial charge in [-0.25, -0.2) is 0 Å². The lowest BCUT2D eigenvalue weighted by Crippen LogP contribution is -2.59. The fourth-order valence-electron chi connectivity index (χ4n) is 8.00. The average Bonchev–Trinajstić information content (AvgIpc) is 3.22. The Balaban J connectivity index is 1.29. The predicted molar refractivity (Wildman–Crippen MR) is 240 cm³/mol. The predicted octanol–water partition coefficient (Wildman–Crippen LogP) is 4.47. The van der Waals surface area contributed by atoms with Crippen molar-refractivity contribution in [2.75, 3.05) is 0 Å². The highest BCUT2D eigenvalue weighted by Crippen LogP contribution is 2.43. The fraction of sp³-hybridized carbons (Fsp3) is 0.520. The van der Waals surface area contributed by atoms with E-state index in [2.05, 4.69) is 0 Å². The van der Waals surface area contributed by atoms with Gasteiger partial charge in [-0.3, -0.25) is 9.59 Å². The Bertz CT molecular complexity index is 1910. The first-order valence-corrected chi connectivity index (χ1v) is 21.5. The van der Waals surface area contributed by atoms with Crippen LogP contribution in [-0.2, 0) is 28.5 Å². The van der Waals surface area contributed by atoms with E-state index in [-0.39, 0.29) is 24.4 Å². The number of allylic oxidation sites excluding steroid dienone is 20. The Morgan fingerprint density at radius 1 is 0.500 bits per heavy atom. The molecular formula is C50H68O14. The topological polar surface area (TPSA) is 233 Å². The molecule has 14 heteroatoms. The summed E-state index contributed by atoms with van der Waals surface area (Å²) in [5.74, 6) is -0.583. The molecule has 0 spiro atoms. The average molecular weight is 893 g/mol. The highest BCUT2D eigenvalue weighted by atomic mass is 16.8. The first-order chi connectivity index (χ1) is 29.9. The summed E-state index contributed by atoms with van der Waals surface area (Å²) in [5, 5.41) is 79.9. The van der Waals surface area contributed by atoms with Gasteiger partial charge in [-0.15, -0.1) is 0 Å². The number of hydrogen-bond acceptors (Lipinski definition) is 14. The summed E-state index contributed by atoms with van der Waals surface area (Å²) in [6.45, 7) is 19.3. The lowest BCUT2D eigenvalue weighted by molar-refractivity contribution is -0.346. The second-order valence-corrected chi connectivity index (χ2v) is 18.4. The molecule has 2 aliphatic heterocycles. The van der Waals surface area contributed by atoms with Crippen molar-refractivity contribution in [3.8, 4) is 0 Å². The van der Waals surface area contributed by atoms with E-state index in [0.717, 1.165) is 33.4 Å². The molecular weight excluding hydrogens is 825 g/mol. The zero-order chi connectivity index (χ0) is 47.8. The molecule has 0 bridgehead atoms. The summed E-state index contributed by atoms with van der Waals surface area (Å²) in [5.41, 5.74) is 5.71. The van der Waals surface area contributed by atoms with Gasteiger partial charge in [-0.05, 0) is 87.5 Å². The van der Waals surface area contributed by atoms with Crippen LogP contribution in [0.5, 0.6) is 0 Å². The van der Waals surface area contributed by atoms with E-state index in [1.807, 2.05) is 140 Å². The molecule has 4 aliphatic rings. The number of ether oxygens (including phenoxy) is 4. The van der Waals surface area contributed by atoms with Gasteiger partial charge in [0.1, 0.15) is 48.8 Å². The van der Waals surface area contributed by atoms with E-state index in [9.17, 15) is 50.4 Å². The van der Waals surface area contributed by atoms with Gasteiger partial charge in [-0.2, -0.15) is 0 Å². The third-order valence-electron chi connectivity index (χ3n) is 12.0. The monoisotopic (exact) mass is 892 g/mol. The molecule has 0 aromatic rings. The Morgan fingerprint density at radius 2 is 0.812 bits per heavy atom. The molecule has 2 aliphatic carbocycles. The van der Waals surface area contributed by atoms with Crippen LogP contribution < -0.4 is 0 Å². The maximum absolute atomic E-state index is 13.3.